The summed E-state index contributed by atoms with van der Waals surface area (Å²) >= 11 is 7.35. The van der Waals surface area contributed by atoms with Crippen molar-refractivity contribution in [2.24, 2.45) is 0 Å². The molecule has 1 aromatic heterocycles. The molecule has 0 atom stereocenters. The quantitative estimate of drug-likeness (QED) is 0.403. The summed E-state index contributed by atoms with van der Waals surface area (Å²) in [7, 11) is 3.22. The molecular weight excluding hydrogens is 374 g/mol. The van der Waals surface area contributed by atoms with Crippen molar-refractivity contribution in [3.8, 4) is 11.5 Å². The topological polar surface area (TPSA) is 68.6 Å². The lowest BCUT2D eigenvalue weighted by molar-refractivity contribution is 0.405. The summed E-state index contributed by atoms with van der Waals surface area (Å²) in [6.45, 7) is 4.32. The van der Waals surface area contributed by atoms with Gasteiger partial charge in [0.2, 0.25) is 0 Å². The molecule has 0 radical (unpaired) electrons. The van der Waals surface area contributed by atoms with Crippen LogP contribution >= 0.6 is 23.5 Å². The maximum absolute atomic E-state index is 5.99. The summed E-state index contributed by atoms with van der Waals surface area (Å²) < 4.78 is 19.4. The van der Waals surface area contributed by atoms with Gasteiger partial charge in [-0.2, -0.15) is 0 Å². The van der Waals surface area contributed by atoms with Gasteiger partial charge in [0.15, 0.2) is 11.4 Å². The van der Waals surface area contributed by atoms with E-state index in [2.05, 4.69) is 21.8 Å². The average Bonchev–Trinajstić information content (AvgIpc) is 3.06. The highest BCUT2D eigenvalue weighted by Crippen LogP contribution is 2.37. The van der Waals surface area contributed by atoms with Crippen molar-refractivity contribution in [2.75, 3.05) is 30.8 Å². The number of methoxy groups -OCH3 is 2. The zero-order valence-electron chi connectivity index (χ0n) is 14.3. The summed E-state index contributed by atoms with van der Waals surface area (Å²) in [5.41, 5.74) is 1.46. The molecule has 0 unspecified atom stereocenters. The van der Waals surface area contributed by atoms with E-state index in [-0.39, 0.29) is 0 Å². The van der Waals surface area contributed by atoms with Crippen LogP contribution in [0, 0.1) is 0 Å². The molecule has 0 amide bonds. The van der Waals surface area contributed by atoms with Crippen molar-refractivity contribution >= 4 is 46.0 Å². The molecule has 0 aliphatic carbocycles. The van der Waals surface area contributed by atoms with Gasteiger partial charge in [-0.3, -0.25) is 0 Å². The molecule has 0 aliphatic heterocycles. The Morgan fingerprint density at radius 1 is 1.23 bits per heavy atom. The molecule has 0 fully saturated rings. The van der Waals surface area contributed by atoms with Crippen LogP contribution in [0.25, 0.3) is 11.0 Å². The summed E-state index contributed by atoms with van der Waals surface area (Å²) in [5, 5.41) is 8.74. The van der Waals surface area contributed by atoms with Crippen LogP contribution < -0.4 is 19.5 Å². The van der Waals surface area contributed by atoms with E-state index in [0.717, 1.165) is 16.0 Å². The van der Waals surface area contributed by atoms with Crippen molar-refractivity contribution in [1.82, 2.24) is 5.16 Å². The molecule has 0 aliphatic rings. The molecule has 3 rings (SSSR count). The van der Waals surface area contributed by atoms with E-state index >= 15 is 0 Å². The lowest BCUT2D eigenvalue weighted by atomic mass is 10.2. The Labute approximate surface area is 160 Å². The Kier molecular flexibility index (Phi) is 5.80. The van der Waals surface area contributed by atoms with Crippen LogP contribution in [0.2, 0.25) is 5.02 Å². The number of nitrogens with one attached hydrogen (secondary N) is 2. The number of hydrogen-bond donors (Lipinski definition) is 2. The van der Waals surface area contributed by atoms with Crippen LogP contribution in [0.3, 0.4) is 0 Å². The largest absolute Gasteiger partial charge is 0.495 e. The third kappa shape index (κ3) is 3.84. The molecular formula is C18H18ClN3O3S. The van der Waals surface area contributed by atoms with Gasteiger partial charge in [0.1, 0.15) is 11.5 Å². The molecule has 0 saturated carbocycles. The molecule has 6 nitrogen and oxygen atoms in total. The van der Waals surface area contributed by atoms with Gasteiger partial charge in [0.25, 0.3) is 0 Å². The number of anilines is 2. The Balaban J connectivity index is 1.86. The fourth-order valence-electron chi connectivity index (χ4n) is 2.36. The lowest BCUT2D eigenvalue weighted by Crippen LogP contribution is -2.00. The Bertz CT molecular complexity index is 929. The van der Waals surface area contributed by atoms with Gasteiger partial charge >= 0.3 is 0 Å². The van der Waals surface area contributed by atoms with Gasteiger partial charge in [-0.15, -0.1) is 6.58 Å². The first-order valence-electron chi connectivity index (χ1n) is 7.75. The Morgan fingerprint density at radius 2 is 2.04 bits per heavy atom. The number of rotatable bonds is 8. The van der Waals surface area contributed by atoms with Gasteiger partial charge in [0, 0.05) is 17.6 Å². The van der Waals surface area contributed by atoms with Crippen molar-refractivity contribution in [2.45, 2.75) is 4.90 Å². The van der Waals surface area contributed by atoms with Crippen LogP contribution in [0.1, 0.15) is 0 Å². The third-order valence-electron chi connectivity index (χ3n) is 3.61. The van der Waals surface area contributed by atoms with Crippen molar-refractivity contribution in [3.63, 3.8) is 0 Å². The van der Waals surface area contributed by atoms with Crippen LogP contribution in [-0.4, -0.2) is 25.9 Å². The standard InChI is InChI=1S/C18H18ClN3O3S/c1-4-7-20-13-10-14-12(9-15(13)23-2)18(21-25-14)22-26-17-6-5-11(19)8-16(17)24-3/h4-6,8-10,20H,1,7H2,2-3H3,(H,21,22). The normalized spacial score (nSPS) is 10.6. The molecule has 1 heterocycles. The summed E-state index contributed by atoms with van der Waals surface area (Å²) in [6.07, 6.45) is 1.77. The number of benzene rings is 2. The minimum Gasteiger partial charge on any atom is -0.495 e. The average molecular weight is 392 g/mol. The van der Waals surface area contributed by atoms with Crippen LogP contribution in [0.15, 0.2) is 52.4 Å². The predicted molar refractivity (Wildman–Crippen MR) is 107 cm³/mol. The Morgan fingerprint density at radius 3 is 2.77 bits per heavy atom. The smallest absolute Gasteiger partial charge is 0.187 e. The van der Waals surface area contributed by atoms with Crippen LogP contribution in [0.5, 0.6) is 11.5 Å². The molecule has 8 heteroatoms. The lowest BCUT2D eigenvalue weighted by Gasteiger charge is -2.10. The first-order valence-corrected chi connectivity index (χ1v) is 8.94. The molecule has 3 aromatic rings. The van der Waals surface area contributed by atoms with E-state index in [9.17, 15) is 0 Å². The second kappa shape index (κ2) is 8.25. The minimum absolute atomic E-state index is 0.593. The van der Waals surface area contributed by atoms with Crippen molar-refractivity contribution in [3.05, 3.63) is 48.0 Å². The number of aromatic nitrogens is 1. The zero-order valence-corrected chi connectivity index (χ0v) is 15.9. The molecule has 2 aromatic carbocycles. The SMILES string of the molecule is C=CCNc1cc2onc(NSc3ccc(Cl)cc3OC)c2cc1OC. The molecule has 0 spiro atoms. The summed E-state index contributed by atoms with van der Waals surface area (Å²) in [6, 6.07) is 9.16. The first-order chi connectivity index (χ1) is 12.7. The van der Waals surface area contributed by atoms with E-state index in [4.69, 9.17) is 25.6 Å². The maximum atomic E-state index is 5.99. The predicted octanol–water partition coefficient (Wildman–Crippen LogP) is 5.22. The minimum atomic E-state index is 0.593. The maximum Gasteiger partial charge on any atom is 0.187 e. The number of hydrogen-bond acceptors (Lipinski definition) is 7. The molecule has 2 N–H and O–H groups in total. The monoisotopic (exact) mass is 391 g/mol. The van der Waals surface area contributed by atoms with E-state index in [0.29, 0.717) is 34.5 Å². The summed E-state index contributed by atoms with van der Waals surface area (Å²) in [5.74, 6) is 1.96. The van der Waals surface area contributed by atoms with Gasteiger partial charge in [-0.05, 0) is 36.2 Å². The van der Waals surface area contributed by atoms with Crippen LogP contribution in [0.4, 0.5) is 11.5 Å². The number of nitrogens with zero attached hydrogens (tertiary/aromatic N) is 1. The fraction of sp³-hybridized carbons (Fsp3) is 0.167. The number of fused-ring (bicyclic) bond motifs is 1. The highest BCUT2D eigenvalue weighted by atomic mass is 35.5. The summed E-state index contributed by atoms with van der Waals surface area (Å²) in [4.78, 5) is 0.879. The van der Waals surface area contributed by atoms with Gasteiger partial charge in [-0.1, -0.05) is 22.8 Å². The number of ether oxygens (including phenoxy) is 2. The zero-order chi connectivity index (χ0) is 18.5. The molecule has 136 valence electrons. The third-order valence-corrected chi connectivity index (χ3v) is 4.70. The van der Waals surface area contributed by atoms with E-state index < -0.39 is 0 Å². The van der Waals surface area contributed by atoms with E-state index in [1.54, 1.807) is 32.4 Å². The number of halogens is 1. The molecule has 0 saturated heterocycles. The highest BCUT2D eigenvalue weighted by molar-refractivity contribution is 8.00. The van der Waals surface area contributed by atoms with E-state index in [1.807, 2.05) is 18.2 Å². The van der Waals surface area contributed by atoms with E-state index in [1.165, 1.54) is 11.9 Å². The molecule has 26 heavy (non-hydrogen) atoms. The first kappa shape index (κ1) is 18.3. The second-order valence-corrected chi connectivity index (χ2v) is 6.53. The Hall–Kier alpha value is -2.51. The highest BCUT2D eigenvalue weighted by Gasteiger charge is 2.14. The second-order valence-electron chi connectivity index (χ2n) is 5.25. The van der Waals surface area contributed by atoms with Gasteiger partial charge in [-0.25, -0.2) is 0 Å². The van der Waals surface area contributed by atoms with Crippen molar-refractivity contribution in [1.29, 1.82) is 0 Å². The fourth-order valence-corrected chi connectivity index (χ4v) is 3.25. The van der Waals surface area contributed by atoms with Gasteiger partial charge < -0.3 is 24.0 Å². The van der Waals surface area contributed by atoms with Gasteiger partial charge in [0.05, 0.1) is 30.2 Å². The van der Waals surface area contributed by atoms with Crippen molar-refractivity contribution < 1.29 is 14.0 Å². The molecule has 0 bridgehead atoms. The van der Waals surface area contributed by atoms with Crippen LogP contribution in [-0.2, 0) is 0 Å².